The molecule has 110 valence electrons. The van der Waals surface area contributed by atoms with Gasteiger partial charge in [-0.05, 0) is 37.5 Å². The van der Waals surface area contributed by atoms with E-state index in [-0.39, 0.29) is 11.7 Å². The molecule has 0 spiro atoms. The molecule has 1 heterocycles. The standard InChI is InChI=1S/C16H18FN3O/c1-11-10-14(20(2)19-11)18-15(21)16(8-3-9-16)12-4-6-13(17)7-5-12/h4-7,10H,3,8-9H2,1-2H3,(H,18,21). The Kier molecular flexibility index (Phi) is 3.27. The minimum Gasteiger partial charge on any atom is -0.310 e. The first-order chi connectivity index (χ1) is 10.0. The lowest BCUT2D eigenvalue weighted by atomic mass is 9.64. The maximum Gasteiger partial charge on any atom is 0.236 e. The molecule has 0 aliphatic heterocycles. The number of carbonyl (C=O) groups is 1. The van der Waals surface area contributed by atoms with E-state index >= 15 is 0 Å². The van der Waals surface area contributed by atoms with Crippen molar-refractivity contribution in [1.82, 2.24) is 9.78 Å². The molecule has 1 aliphatic carbocycles. The van der Waals surface area contributed by atoms with E-state index in [1.54, 1.807) is 23.9 Å². The van der Waals surface area contributed by atoms with Crippen LogP contribution in [0.25, 0.3) is 0 Å². The second-order valence-corrected chi connectivity index (χ2v) is 5.69. The minimum atomic E-state index is -0.536. The highest BCUT2D eigenvalue weighted by Crippen LogP contribution is 2.44. The number of nitrogens with one attached hydrogen (secondary N) is 1. The normalized spacial score (nSPS) is 16.3. The number of nitrogens with zero attached hydrogens (tertiary/aromatic N) is 2. The summed E-state index contributed by atoms with van der Waals surface area (Å²) in [6.07, 6.45) is 2.60. The van der Waals surface area contributed by atoms with E-state index in [9.17, 15) is 9.18 Å². The van der Waals surface area contributed by atoms with Crippen LogP contribution >= 0.6 is 0 Å². The van der Waals surface area contributed by atoms with Crippen LogP contribution in [0.2, 0.25) is 0 Å². The molecule has 3 rings (SSSR count). The predicted molar refractivity (Wildman–Crippen MR) is 78.5 cm³/mol. The van der Waals surface area contributed by atoms with E-state index in [1.807, 2.05) is 13.0 Å². The van der Waals surface area contributed by atoms with Crippen molar-refractivity contribution in [3.05, 3.63) is 47.4 Å². The minimum absolute atomic E-state index is 0.0386. The van der Waals surface area contributed by atoms with E-state index in [0.717, 1.165) is 30.5 Å². The van der Waals surface area contributed by atoms with Crippen molar-refractivity contribution in [3.63, 3.8) is 0 Å². The molecule has 21 heavy (non-hydrogen) atoms. The number of aromatic nitrogens is 2. The molecule has 1 aromatic heterocycles. The third kappa shape index (κ3) is 2.33. The maximum absolute atomic E-state index is 13.1. The summed E-state index contributed by atoms with van der Waals surface area (Å²) >= 11 is 0. The molecule has 0 atom stereocenters. The van der Waals surface area contributed by atoms with E-state index < -0.39 is 5.41 Å². The van der Waals surface area contributed by atoms with Crippen molar-refractivity contribution >= 4 is 11.7 Å². The van der Waals surface area contributed by atoms with Crippen LogP contribution in [-0.4, -0.2) is 15.7 Å². The molecular formula is C16H18FN3O. The second-order valence-electron chi connectivity index (χ2n) is 5.69. The van der Waals surface area contributed by atoms with E-state index in [1.165, 1.54) is 12.1 Å². The van der Waals surface area contributed by atoms with Gasteiger partial charge in [0.2, 0.25) is 5.91 Å². The Bertz CT molecular complexity index is 671. The summed E-state index contributed by atoms with van der Waals surface area (Å²) in [6, 6.07) is 8.09. The Balaban J connectivity index is 1.87. The van der Waals surface area contributed by atoms with Crippen LogP contribution in [0.5, 0.6) is 0 Å². The van der Waals surface area contributed by atoms with Crippen molar-refractivity contribution < 1.29 is 9.18 Å². The van der Waals surface area contributed by atoms with Gasteiger partial charge in [0.05, 0.1) is 11.1 Å². The van der Waals surface area contributed by atoms with Crippen LogP contribution in [0.4, 0.5) is 10.2 Å². The monoisotopic (exact) mass is 287 g/mol. The third-order valence-corrected chi connectivity index (χ3v) is 4.28. The van der Waals surface area contributed by atoms with Gasteiger partial charge in [-0.3, -0.25) is 9.48 Å². The summed E-state index contributed by atoms with van der Waals surface area (Å²) in [5.74, 6) is 0.366. The molecule has 1 aromatic carbocycles. The molecule has 4 nitrogen and oxygen atoms in total. The van der Waals surface area contributed by atoms with Crippen LogP contribution in [0, 0.1) is 12.7 Å². The molecule has 0 bridgehead atoms. The lowest BCUT2D eigenvalue weighted by Gasteiger charge is -2.40. The zero-order valence-corrected chi connectivity index (χ0v) is 12.2. The van der Waals surface area contributed by atoms with E-state index in [4.69, 9.17) is 0 Å². The number of benzene rings is 1. The van der Waals surface area contributed by atoms with Gasteiger partial charge in [0, 0.05) is 13.1 Å². The molecule has 0 unspecified atom stereocenters. The van der Waals surface area contributed by atoms with Crippen LogP contribution in [-0.2, 0) is 17.3 Å². The van der Waals surface area contributed by atoms with Crippen molar-refractivity contribution in [2.45, 2.75) is 31.6 Å². The molecule has 1 N–H and O–H groups in total. The van der Waals surface area contributed by atoms with Gasteiger partial charge in [-0.15, -0.1) is 0 Å². The molecular weight excluding hydrogens is 269 g/mol. The summed E-state index contributed by atoms with van der Waals surface area (Å²) in [5, 5.41) is 7.18. The SMILES string of the molecule is Cc1cc(NC(=O)C2(c3ccc(F)cc3)CCC2)n(C)n1. The van der Waals surface area contributed by atoms with Gasteiger partial charge in [0.1, 0.15) is 11.6 Å². The molecule has 1 fully saturated rings. The molecule has 1 aliphatic rings. The fourth-order valence-corrected chi connectivity index (χ4v) is 2.91. The summed E-state index contributed by atoms with van der Waals surface area (Å²) in [4.78, 5) is 12.7. The Morgan fingerprint density at radius 2 is 2.00 bits per heavy atom. The van der Waals surface area contributed by atoms with Gasteiger partial charge >= 0.3 is 0 Å². The fourth-order valence-electron chi connectivity index (χ4n) is 2.91. The maximum atomic E-state index is 13.1. The highest BCUT2D eigenvalue weighted by Gasteiger charge is 2.45. The lowest BCUT2D eigenvalue weighted by Crippen LogP contribution is -2.46. The van der Waals surface area contributed by atoms with Crippen molar-refractivity contribution in [2.24, 2.45) is 7.05 Å². The zero-order chi connectivity index (χ0) is 15.0. The van der Waals surface area contributed by atoms with Gasteiger partial charge in [0.25, 0.3) is 0 Å². The van der Waals surface area contributed by atoms with E-state index in [2.05, 4.69) is 10.4 Å². The largest absolute Gasteiger partial charge is 0.310 e. The summed E-state index contributed by atoms with van der Waals surface area (Å²) < 4.78 is 14.7. The Hall–Kier alpha value is -2.17. The number of carbonyl (C=O) groups excluding carboxylic acids is 1. The Morgan fingerprint density at radius 1 is 1.33 bits per heavy atom. The van der Waals surface area contributed by atoms with Gasteiger partial charge < -0.3 is 5.32 Å². The number of halogens is 1. The van der Waals surface area contributed by atoms with Crippen LogP contribution in [0.3, 0.4) is 0 Å². The summed E-state index contributed by atoms with van der Waals surface area (Å²) in [7, 11) is 1.80. The first kappa shape index (κ1) is 13.8. The highest BCUT2D eigenvalue weighted by molar-refractivity contribution is 5.99. The predicted octanol–water partition coefficient (Wildman–Crippen LogP) is 2.93. The molecule has 5 heteroatoms. The Morgan fingerprint density at radius 3 is 2.48 bits per heavy atom. The van der Waals surface area contributed by atoms with Crippen molar-refractivity contribution in [2.75, 3.05) is 5.32 Å². The average molecular weight is 287 g/mol. The average Bonchev–Trinajstić information content (AvgIpc) is 2.69. The molecule has 1 amide bonds. The Labute approximate surface area is 123 Å². The van der Waals surface area contributed by atoms with Crippen molar-refractivity contribution in [3.8, 4) is 0 Å². The van der Waals surface area contributed by atoms with Crippen LogP contribution in [0.1, 0.15) is 30.5 Å². The smallest absolute Gasteiger partial charge is 0.236 e. The van der Waals surface area contributed by atoms with Crippen LogP contribution in [0.15, 0.2) is 30.3 Å². The van der Waals surface area contributed by atoms with Gasteiger partial charge in [-0.1, -0.05) is 18.6 Å². The first-order valence-electron chi connectivity index (χ1n) is 7.09. The lowest BCUT2D eigenvalue weighted by molar-refractivity contribution is -0.124. The van der Waals surface area contributed by atoms with Crippen molar-refractivity contribution in [1.29, 1.82) is 0 Å². The highest BCUT2D eigenvalue weighted by atomic mass is 19.1. The van der Waals surface area contributed by atoms with Gasteiger partial charge in [-0.2, -0.15) is 5.10 Å². The molecule has 2 aromatic rings. The number of amides is 1. The number of hydrogen-bond acceptors (Lipinski definition) is 2. The number of aryl methyl sites for hydroxylation is 2. The topological polar surface area (TPSA) is 46.9 Å². The summed E-state index contributed by atoms with van der Waals surface area (Å²) in [6.45, 7) is 1.88. The second kappa shape index (κ2) is 4.98. The third-order valence-electron chi connectivity index (χ3n) is 4.28. The van der Waals surface area contributed by atoms with E-state index in [0.29, 0.717) is 5.82 Å². The number of rotatable bonds is 3. The number of hydrogen-bond donors (Lipinski definition) is 1. The molecule has 1 saturated carbocycles. The zero-order valence-electron chi connectivity index (χ0n) is 12.2. The molecule has 0 saturated heterocycles. The van der Waals surface area contributed by atoms with Crippen LogP contribution < -0.4 is 5.32 Å². The fraction of sp³-hybridized carbons (Fsp3) is 0.375. The quantitative estimate of drug-likeness (QED) is 0.943. The molecule has 0 radical (unpaired) electrons. The van der Waals surface area contributed by atoms with Gasteiger partial charge in [-0.25, -0.2) is 4.39 Å². The first-order valence-corrected chi connectivity index (χ1v) is 7.09. The number of anilines is 1. The van der Waals surface area contributed by atoms with Gasteiger partial charge in [0.15, 0.2) is 0 Å². The summed E-state index contributed by atoms with van der Waals surface area (Å²) in [5.41, 5.74) is 1.20.